The van der Waals surface area contributed by atoms with E-state index in [1.54, 1.807) is 12.0 Å². The highest BCUT2D eigenvalue weighted by molar-refractivity contribution is 5.89. The Kier molecular flexibility index (Phi) is 6.64. The number of methoxy groups -OCH3 is 1. The van der Waals surface area contributed by atoms with Gasteiger partial charge in [0.05, 0.1) is 13.0 Å². The maximum Gasteiger partial charge on any atom is 0.227 e. The summed E-state index contributed by atoms with van der Waals surface area (Å²) in [5.41, 5.74) is 1.05. The minimum atomic E-state index is -0.200. The van der Waals surface area contributed by atoms with Crippen molar-refractivity contribution in [1.82, 2.24) is 9.80 Å². The van der Waals surface area contributed by atoms with Crippen LogP contribution in [-0.2, 0) is 16.1 Å². The molecule has 0 radical (unpaired) electrons. The van der Waals surface area contributed by atoms with Crippen molar-refractivity contribution in [1.29, 1.82) is 0 Å². The zero-order valence-electron chi connectivity index (χ0n) is 15.0. The van der Waals surface area contributed by atoms with Gasteiger partial charge in [-0.25, -0.2) is 0 Å². The second-order valence-electron chi connectivity index (χ2n) is 6.35. The van der Waals surface area contributed by atoms with Gasteiger partial charge in [-0.15, -0.1) is 0 Å². The van der Waals surface area contributed by atoms with Crippen LogP contribution in [0.25, 0.3) is 0 Å². The third-order valence-electron chi connectivity index (χ3n) is 4.39. The second-order valence-corrected chi connectivity index (χ2v) is 6.35. The first-order chi connectivity index (χ1) is 11.6. The smallest absolute Gasteiger partial charge is 0.227 e. The predicted octanol–water partition coefficient (Wildman–Crippen LogP) is 2.69. The van der Waals surface area contributed by atoms with Crippen LogP contribution in [0.5, 0.6) is 5.75 Å². The zero-order chi connectivity index (χ0) is 17.5. The zero-order valence-corrected chi connectivity index (χ0v) is 15.0. The number of ether oxygens (including phenoxy) is 1. The van der Waals surface area contributed by atoms with Crippen molar-refractivity contribution >= 4 is 11.8 Å². The van der Waals surface area contributed by atoms with Crippen molar-refractivity contribution in [2.24, 2.45) is 5.92 Å². The van der Waals surface area contributed by atoms with Crippen LogP contribution in [0.4, 0.5) is 0 Å². The first-order valence-corrected chi connectivity index (χ1v) is 8.78. The van der Waals surface area contributed by atoms with Gasteiger partial charge in [-0.05, 0) is 30.5 Å². The van der Waals surface area contributed by atoms with E-state index in [-0.39, 0.29) is 17.7 Å². The van der Waals surface area contributed by atoms with Crippen LogP contribution in [0.3, 0.4) is 0 Å². The summed E-state index contributed by atoms with van der Waals surface area (Å²) < 4.78 is 5.15. The van der Waals surface area contributed by atoms with Crippen LogP contribution in [-0.4, -0.2) is 48.4 Å². The number of likely N-dealkylation sites (tertiary alicyclic amines) is 1. The van der Waals surface area contributed by atoms with Gasteiger partial charge in [0.15, 0.2) is 0 Å². The number of benzene rings is 1. The molecular weight excluding hydrogens is 304 g/mol. The summed E-state index contributed by atoms with van der Waals surface area (Å²) >= 11 is 0. The molecule has 24 heavy (non-hydrogen) atoms. The lowest BCUT2D eigenvalue weighted by Gasteiger charge is -2.24. The molecule has 132 valence electrons. The number of carbonyl (C=O) groups excluding carboxylic acids is 2. The fourth-order valence-corrected chi connectivity index (χ4v) is 3.17. The van der Waals surface area contributed by atoms with Gasteiger partial charge in [-0.2, -0.15) is 0 Å². The average Bonchev–Trinajstić information content (AvgIpc) is 2.95. The van der Waals surface area contributed by atoms with E-state index >= 15 is 0 Å². The van der Waals surface area contributed by atoms with Crippen LogP contribution in [0.15, 0.2) is 24.3 Å². The molecule has 0 spiro atoms. The molecule has 0 N–H and O–H groups in total. The SMILES string of the molecule is CCCN(CCC)C(=O)C1CC(=O)N(Cc2ccc(OC)cc2)C1. The first-order valence-electron chi connectivity index (χ1n) is 8.78. The Balaban J connectivity index is 1.97. The predicted molar refractivity (Wildman–Crippen MR) is 93.7 cm³/mol. The number of carbonyl (C=O) groups is 2. The van der Waals surface area contributed by atoms with Gasteiger partial charge < -0.3 is 14.5 Å². The molecule has 5 heteroatoms. The van der Waals surface area contributed by atoms with Crippen LogP contribution >= 0.6 is 0 Å². The Morgan fingerprint density at radius 3 is 2.38 bits per heavy atom. The van der Waals surface area contributed by atoms with Gasteiger partial charge in [0.2, 0.25) is 11.8 Å². The summed E-state index contributed by atoms with van der Waals surface area (Å²) in [6, 6.07) is 7.70. The van der Waals surface area contributed by atoms with E-state index in [1.165, 1.54) is 0 Å². The minimum absolute atomic E-state index is 0.0668. The number of amides is 2. The van der Waals surface area contributed by atoms with E-state index in [2.05, 4.69) is 13.8 Å². The largest absolute Gasteiger partial charge is 0.497 e. The lowest BCUT2D eigenvalue weighted by Crippen LogP contribution is -2.38. The number of nitrogens with zero attached hydrogens (tertiary/aromatic N) is 2. The molecule has 1 unspecified atom stereocenters. The Morgan fingerprint density at radius 2 is 1.83 bits per heavy atom. The minimum Gasteiger partial charge on any atom is -0.497 e. The summed E-state index contributed by atoms with van der Waals surface area (Å²) in [5, 5.41) is 0. The highest BCUT2D eigenvalue weighted by Gasteiger charge is 2.36. The van der Waals surface area contributed by atoms with Crippen LogP contribution < -0.4 is 4.74 Å². The number of rotatable bonds is 8. The molecule has 1 heterocycles. The molecule has 1 saturated heterocycles. The van der Waals surface area contributed by atoms with E-state index in [4.69, 9.17) is 4.74 Å². The molecule has 0 aromatic heterocycles. The summed E-state index contributed by atoms with van der Waals surface area (Å²) in [5.74, 6) is 0.796. The standard InChI is InChI=1S/C19H28N2O3/c1-4-10-20(11-5-2)19(23)16-12-18(22)21(14-16)13-15-6-8-17(24-3)9-7-15/h6-9,16H,4-5,10-14H2,1-3H3. The summed E-state index contributed by atoms with van der Waals surface area (Å²) in [4.78, 5) is 28.7. The molecule has 1 atom stereocenters. The van der Waals surface area contributed by atoms with E-state index in [0.29, 0.717) is 19.5 Å². The third kappa shape index (κ3) is 4.49. The van der Waals surface area contributed by atoms with E-state index in [1.807, 2.05) is 29.2 Å². The van der Waals surface area contributed by atoms with Crippen LogP contribution in [0.2, 0.25) is 0 Å². The molecule has 1 aliphatic heterocycles. The molecule has 1 aliphatic rings. The quantitative estimate of drug-likeness (QED) is 0.735. The summed E-state index contributed by atoms with van der Waals surface area (Å²) in [7, 11) is 1.63. The van der Waals surface area contributed by atoms with Crippen molar-refractivity contribution < 1.29 is 14.3 Å². The molecule has 1 fully saturated rings. The van der Waals surface area contributed by atoms with Gasteiger partial charge >= 0.3 is 0 Å². The molecule has 1 aromatic rings. The normalized spacial score (nSPS) is 17.2. The van der Waals surface area contributed by atoms with Crippen molar-refractivity contribution in [3.8, 4) is 5.75 Å². The maximum atomic E-state index is 12.7. The van der Waals surface area contributed by atoms with Gasteiger partial charge in [0, 0.05) is 32.6 Å². The van der Waals surface area contributed by atoms with E-state index in [0.717, 1.165) is 37.2 Å². The van der Waals surface area contributed by atoms with Gasteiger partial charge in [0.1, 0.15) is 5.75 Å². The Hall–Kier alpha value is -2.04. The van der Waals surface area contributed by atoms with Gasteiger partial charge in [-0.1, -0.05) is 26.0 Å². The Morgan fingerprint density at radius 1 is 1.21 bits per heavy atom. The highest BCUT2D eigenvalue weighted by atomic mass is 16.5. The fourth-order valence-electron chi connectivity index (χ4n) is 3.17. The molecule has 1 aromatic carbocycles. The molecule has 2 rings (SSSR count). The van der Waals surface area contributed by atoms with Gasteiger partial charge in [-0.3, -0.25) is 9.59 Å². The van der Waals surface area contributed by atoms with Crippen molar-refractivity contribution in [2.75, 3.05) is 26.7 Å². The Labute approximate surface area is 144 Å². The van der Waals surface area contributed by atoms with Crippen molar-refractivity contribution in [3.63, 3.8) is 0 Å². The lowest BCUT2D eigenvalue weighted by molar-refractivity contribution is -0.136. The molecular formula is C19H28N2O3. The molecule has 0 aliphatic carbocycles. The topological polar surface area (TPSA) is 49.9 Å². The van der Waals surface area contributed by atoms with Crippen molar-refractivity contribution in [2.45, 2.75) is 39.7 Å². The average molecular weight is 332 g/mol. The first kappa shape index (κ1) is 18.3. The summed E-state index contributed by atoms with van der Waals surface area (Å²) in [6.07, 6.45) is 2.23. The maximum absolute atomic E-state index is 12.7. The second kappa shape index (κ2) is 8.71. The van der Waals surface area contributed by atoms with Gasteiger partial charge in [0.25, 0.3) is 0 Å². The third-order valence-corrected chi connectivity index (χ3v) is 4.39. The summed E-state index contributed by atoms with van der Waals surface area (Å²) in [6.45, 7) is 6.77. The van der Waals surface area contributed by atoms with Crippen molar-refractivity contribution in [3.05, 3.63) is 29.8 Å². The molecule has 0 bridgehead atoms. The van der Waals surface area contributed by atoms with Crippen LogP contribution in [0.1, 0.15) is 38.7 Å². The Bertz CT molecular complexity index is 550. The van der Waals surface area contributed by atoms with E-state index in [9.17, 15) is 9.59 Å². The molecule has 0 saturated carbocycles. The fraction of sp³-hybridized carbons (Fsp3) is 0.579. The number of hydrogen-bond donors (Lipinski definition) is 0. The monoisotopic (exact) mass is 332 g/mol. The highest BCUT2D eigenvalue weighted by Crippen LogP contribution is 2.23. The molecule has 5 nitrogen and oxygen atoms in total. The van der Waals surface area contributed by atoms with E-state index < -0.39 is 0 Å². The van der Waals surface area contributed by atoms with Crippen LogP contribution in [0, 0.1) is 5.92 Å². The number of hydrogen-bond acceptors (Lipinski definition) is 3. The lowest BCUT2D eigenvalue weighted by atomic mass is 10.1. The molecule has 2 amide bonds.